The fourth-order valence-electron chi connectivity index (χ4n) is 3.87. The van der Waals surface area contributed by atoms with Crippen LogP contribution in [0.3, 0.4) is 0 Å². The van der Waals surface area contributed by atoms with Crippen molar-refractivity contribution < 1.29 is 0 Å². The van der Waals surface area contributed by atoms with Crippen molar-refractivity contribution in [3.05, 3.63) is 84.9 Å². The van der Waals surface area contributed by atoms with Gasteiger partial charge in [0.1, 0.15) is 5.82 Å². The van der Waals surface area contributed by atoms with Crippen LogP contribution in [-0.2, 0) is 7.05 Å². The first-order valence-electron chi connectivity index (χ1n) is 8.76. The number of imidazole rings is 1. The lowest BCUT2D eigenvalue weighted by Crippen LogP contribution is -1.93. The van der Waals surface area contributed by atoms with Crippen LogP contribution in [0.5, 0.6) is 0 Å². The van der Waals surface area contributed by atoms with Crippen molar-refractivity contribution in [2.45, 2.75) is 0 Å². The van der Waals surface area contributed by atoms with Gasteiger partial charge in [0.15, 0.2) is 0 Å². The minimum absolute atomic E-state index is 0.983. The third-order valence-electron chi connectivity index (χ3n) is 5.15. The van der Waals surface area contributed by atoms with Crippen LogP contribution in [0.25, 0.3) is 50.0 Å². The molecule has 0 saturated heterocycles. The lowest BCUT2D eigenvalue weighted by atomic mass is 10.00. The Morgan fingerprint density at radius 1 is 0.769 bits per heavy atom. The Balaban J connectivity index is 1.94. The molecule has 0 atom stereocenters. The number of aromatic nitrogens is 2. The molecule has 5 rings (SSSR count). The number of rotatable bonds is 2. The van der Waals surface area contributed by atoms with Crippen molar-refractivity contribution in [1.82, 2.24) is 9.55 Å². The van der Waals surface area contributed by atoms with E-state index in [0.717, 1.165) is 22.5 Å². The zero-order valence-corrected chi connectivity index (χ0v) is 14.6. The van der Waals surface area contributed by atoms with E-state index in [2.05, 4.69) is 91.0 Å². The zero-order chi connectivity index (χ0) is 17.7. The van der Waals surface area contributed by atoms with E-state index in [4.69, 9.17) is 4.98 Å². The number of hydrogen-bond acceptors (Lipinski definition) is 1. The molecule has 2 heteroatoms. The molecule has 0 aliphatic heterocycles. The summed E-state index contributed by atoms with van der Waals surface area (Å²) in [7, 11) is 2.10. The van der Waals surface area contributed by atoms with Crippen molar-refractivity contribution in [2.24, 2.45) is 7.05 Å². The average molecular weight is 334 g/mol. The molecule has 0 aliphatic carbocycles. The highest BCUT2D eigenvalue weighted by Gasteiger charge is 2.16. The molecule has 5 aromatic rings. The first-order valence-corrected chi connectivity index (χ1v) is 8.76. The second kappa shape index (κ2) is 5.57. The summed E-state index contributed by atoms with van der Waals surface area (Å²) < 4.78 is 2.22. The molecule has 4 aromatic carbocycles. The van der Waals surface area contributed by atoms with Crippen molar-refractivity contribution in [3.8, 4) is 11.4 Å². The topological polar surface area (TPSA) is 17.8 Å². The summed E-state index contributed by atoms with van der Waals surface area (Å²) >= 11 is 0. The van der Waals surface area contributed by atoms with Crippen LogP contribution in [-0.4, -0.2) is 9.55 Å². The molecule has 0 N–H and O–H groups in total. The lowest BCUT2D eigenvalue weighted by Gasteiger charge is -2.08. The van der Waals surface area contributed by atoms with Gasteiger partial charge in [-0.05, 0) is 16.3 Å². The Hall–Kier alpha value is -3.39. The predicted octanol–water partition coefficient (Wildman–Crippen LogP) is 6.19. The SMILES string of the molecule is C=Cc1ccc(-c2nc3c4ccccc4c4ccccc4c3n2C)cc1. The molecule has 2 nitrogen and oxygen atoms in total. The Morgan fingerprint density at radius 2 is 1.35 bits per heavy atom. The fourth-order valence-corrected chi connectivity index (χ4v) is 3.87. The second-order valence-corrected chi connectivity index (χ2v) is 6.61. The van der Waals surface area contributed by atoms with Crippen LogP contribution in [0, 0.1) is 0 Å². The van der Waals surface area contributed by atoms with Gasteiger partial charge in [0.05, 0.1) is 11.0 Å². The van der Waals surface area contributed by atoms with E-state index in [1.165, 1.54) is 27.1 Å². The van der Waals surface area contributed by atoms with Crippen LogP contribution in [0.1, 0.15) is 5.56 Å². The molecular weight excluding hydrogens is 316 g/mol. The number of hydrogen-bond donors (Lipinski definition) is 0. The summed E-state index contributed by atoms with van der Waals surface area (Å²) in [6, 6.07) is 25.5. The number of nitrogens with zero attached hydrogens (tertiary/aromatic N) is 2. The molecule has 0 unspecified atom stereocenters. The molecule has 0 radical (unpaired) electrons. The summed E-state index contributed by atoms with van der Waals surface area (Å²) in [5, 5.41) is 4.96. The molecule has 0 amide bonds. The number of aryl methyl sites for hydroxylation is 1. The zero-order valence-electron chi connectivity index (χ0n) is 14.6. The summed E-state index contributed by atoms with van der Waals surface area (Å²) in [6.07, 6.45) is 1.86. The van der Waals surface area contributed by atoms with E-state index in [-0.39, 0.29) is 0 Å². The van der Waals surface area contributed by atoms with Crippen LogP contribution in [0.15, 0.2) is 79.4 Å². The van der Waals surface area contributed by atoms with Crippen LogP contribution in [0.2, 0.25) is 0 Å². The van der Waals surface area contributed by atoms with E-state index < -0.39 is 0 Å². The van der Waals surface area contributed by atoms with Gasteiger partial charge in [-0.3, -0.25) is 0 Å². The smallest absolute Gasteiger partial charge is 0.140 e. The Morgan fingerprint density at radius 3 is 2.00 bits per heavy atom. The average Bonchev–Trinajstić information content (AvgIpc) is 3.06. The number of fused-ring (bicyclic) bond motifs is 6. The Labute approximate surface area is 152 Å². The maximum atomic E-state index is 5.05. The van der Waals surface area contributed by atoms with Gasteiger partial charge in [0, 0.05) is 23.4 Å². The molecule has 0 fully saturated rings. The van der Waals surface area contributed by atoms with Crippen LogP contribution in [0.4, 0.5) is 0 Å². The van der Waals surface area contributed by atoms with Gasteiger partial charge in [-0.2, -0.15) is 0 Å². The van der Waals surface area contributed by atoms with Crippen molar-refractivity contribution in [1.29, 1.82) is 0 Å². The molecule has 124 valence electrons. The minimum Gasteiger partial charge on any atom is -0.327 e. The van der Waals surface area contributed by atoms with Gasteiger partial charge in [-0.1, -0.05) is 85.5 Å². The van der Waals surface area contributed by atoms with Gasteiger partial charge in [0.2, 0.25) is 0 Å². The summed E-state index contributed by atoms with van der Waals surface area (Å²) in [5.74, 6) is 0.983. The van der Waals surface area contributed by atoms with Gasteiger partial charge < -0.3 is 4.57 Å². The maximum absolute atomic E-state index is 5.05. The molecule has 0 saturated carbocycles. The Kier molecular flexibility index (Phi) is 3.19. The standard InChI is InChI=1S/C24H18N2/c1-3-16-12-14-17(15-13-16)24-25-22-20-10-6-4-8-18(20)19-9-5-7-11-21(19)23(22)26(24)2/h3-15H,1H2,2H3. The van der Waals surface area contributed by atoms with Crippen LogP contribution < -0.4 is 0 Å². The van der Waals surface area contributed by atoms with Gasteiger partial charge in [-0.25, -0.2) is 4.98 Å². The molecule has 1 heterocycles. The van der Waals surface area contributed by atoms with Crippen molar-refractivity contribution in [3.63, 3.8) is 0 Å². The summed E-state index contributed by atoms with van der Waals surface area (Å²) in [4.78, 5) is 5.05. The van der Waals surface area contributed by atoms with E-state index in [9.17, 15) is 0 Å². The minimum atomic E-state index is 0.983. The molecule has 26 heavy (non-hydrogen) atoms. The fraction of sp³-hybridized carbons (Fsp3) is 0.0417. The van der Waals surface area contributed by atoms with Gasteiger partial charge in [0.25, 0.3) is 0 Å². The third-order valence-corrected chi connectivity index (χ3v) is 5.15. The van der Waals surface area contributed by atoms with E-state index >= 15 is 0 Å². The van der Waals surface area contributed by atoms with Crippen LogP contribution >= 0.6 is 0 Å². The number of benzene rings is 4. The largest absolute Gasteiger partial charge is 0.327 e. The first kappa shape index (κ1) is 14.9. The third kappa shape index (κ3) is 2.02. The van der Waals surface area contributed by atoms with Gasteiger partial charge in [-0.15, -0.1) is 0 Å². The molecule has 1 aromatic heterocycles. The predicted molar refractivity (Wildman–Crippen MR) is 111 cm³/mol. The first-order chi connectivity index (χ1) is 12.8. The maximum Gasteiger partial charge on any atom is 0.140 e. The van der Waals surface area contributed by atoms with E-state index in [0.29, 0.717) is 0 Å². The molecule has 0 spiro atoms. The summed E-state index contributed by atoms with van der Waals surface area (Å²) in [6.45, 7) is 3.83. The highest BCUT2D eigenvalue weighted by Crippen LogP contribution is 2.36. The Bertz CT molecular complexity index is 1290. The van der Waals surface area contributed by atoms with Crippen molar-refractivity contribution >= 4 is 38.7 Å². The van der Waals surface area contributed by atoms with Crippen molar-refractivity contribution in [2.75, 3.05) is 0 Å². The summed E-state index contributed by atoms with van der Waals surface area (Å²) in [5.41, 5.74) is 4.47. The molecule has 0 bridgehead atoms. The van der Waals surface area contributed by atoms with E-state index in [1.807, 2.05) is 6.08 Å². The normalized spacial score (nSPS) is 11.4. The highest BCUT2D eigenvalue weighted by molar-refractivity contribution is 6.23. The highest BCUT2D eigenvalue weighted by atomic mass is 15.1. The lowest BCUT2D eigenvalue weighted by molar-refractivity contribution is 0.962. The van der Waals surface area contributed by atoms with E-state index in [1.54, 1.807) is 0 Å². The molecular formula is C24H18N2. The monoisotopic (exact) mass is 334 g/mol. The quantitative estimate of drug-likeness (QED) is 0.352. The second-order valence-electron chi connectivity index (χ2n) is 6.61. The molecule has 0 aliphatic rings. The van der Waals surface area contributed by atoms with Gasteiger partial charge >= 0.3 is 0 Å².